The molecule has 0 spiro atoms. The molecule has 0 aromatic heterocycles. The summed E-state index contributed by atoms with van der Waals surface area (Å²) in [6.07, 6.45) is 0. The monoisotopic (exact) mass is 305 g/mol. The maximum Gasteiger partial charge on any atom is 0.0998 e. The number of nitriles is 1. The first-order chi connectivity index (χ1) is 7.31. The molecule has 0 saturated heterocycles. The molecule has 72 valence electrons. The Hall–Kier alpha value is -1.34. The second-order valence-electron chi connectivity index (χ2n) is 3.16. The molecule has 0 atom stereocenters. The summed E-state index contributed by atoms with van der Waals surface area (Å²) in [6, 6.07) is 18.0. The Labute approximate surface area is 103 Å². The number of halogens is 1. The third kappa shape index (κ3) is 2.18. The van der Waals surface area contributed by atoms with Gasteiger partial charge in [-0.1, -0.05) is 30.3 Å². The predicted octanol–water partition coefficient (Wildman–Crippen LogP) is 3.83. The maximum absolute atomic E-state index is 8.98. The van der Waals surface area contributed by atoms with Gasteiger partial charge in [-0.25, -0.2) is 0 Å². The Morgan fingerprint density at radius 3 is 2.27 bits per heavy atom. The Kier molecular flexibility index (Phi) is 3.02. The molecule has 0 aliphatic rings. The fourth-order valence-electron chi connectivity index (χ4n) is 1.46. The number of rotatable bonds is 1. The molecule has 0 unspecified atom stereocenters. The van der Waals surface area contributed by atoms with Gasteiger partial charge in [-0.05, 0) is 51.9 Å². The third-order valence-electron chi connectivity index (χ3n) is 2.20. The van der Waals surface area contributed by atoms with E-state index in [-0.39, 0.29) is 0 Å². The van der Waals surface area contributed by atoms with Crippen LogP contribution in [0.5, 0.6) is 0 Å². The van der Waals surface area contributed by atoms with Crippen molar-refractivity contribution in [1.82, 2.24) is 0 Å². The van der Waals surface area contributed by atoms with Gasteiger partial charge in [0, 0.05) is 3.57 Å². The van der Waals surface area contributed by atoms with Crippen LogP contribution in [0.4, 0.5) is 0 Å². The van der Waals surface area contributed by atoms with E-state index in [0.717, 1.165) is 16.7 Å². The molecule has 0 bridgehead atoms. The number of benzene rings is 2. The van der Waals surface area contributed by atoms with Crippen LogP contribution in [0.15, 0.2) is 48.5 Å². The van der Waals surface area contributed by atoms with Gasteiger partial charge in [0.05, 0.1) is 11.6 Å². The molecule has 0 saturated carbocycles. The van der Waals surface area contributed by atoms with Crippen molar-refractivity contribution in [2.45, 2.75) is 0 Å². The number of hydrogen-bond acceptors (Lipinski definition) is 1. The van der Waals surface area contributed by atoms with Crippen molar-refractivity contribution in [3.8, 4) is 17.2 Å². The molecule has 0 fully saturated rings. The molecule has 1 nitrogen and oxygen atoms in total. The number of hydrogen-bond donors (Lipinski definition) is 0. The van der Waals surface area contributed by atoms with Crippen LogP contribution in [0.25, 0.3) is 11.1 Å². The van der Waals surface area contributed by atoms with E-state index in [4.69, 9.17) is 5.26 Å². The fraction of sp³-hybridized carbons (Fsp3) is 0. The van der Waals surface area contributed by atoms with E-state index in [0.29, 0.717) is 0 Å². The minimum atomic E-state index is 0.721. The summed E-state index contributed by atoms with van der Waals surface area (Å²) in [7, 11) is 0. The Morgan fingerprint density at radius 1 is 0.933 bits per heavy atom. The highest BCUT2D eigenvalue weighted by Gasteiger charge is 2.02. The molecule has 0 radical (unpaired) electrons. The zero-order valence-corrected chi connectivity index (χ0v) is 10.1. The smallest absolute Gasteiger partial charge is 0.0998 e. The van der Waals surface area contributed by atoms with Crippen LogP contribution in [-0.2, 0) is 0 Å². The Bertz CT molecular complexity index is 509. The lowest BCUT2D eigenvalue weighted by Crippen LogP contribution is -1.83. The molecule has 0 N–H and O–H groups in total. The second-order valence-corrected chi connectivity index (χ2v) is 4.41. The van der Waals surface area contributed by atoms with Crippen molar-refractivity contribution < 1.29 is 0 Å². The minimum Gasteiger partial charge on any atom is -0.192 e. The molecule has 0 amide bonds. The van der Waals surface area contributed by atoms with Crippen LogP contribution in [0.3, 0.4) is 0 Å². The molecule has 2 heteroatoms. The largest absolute Gasteiger partial charge is 0.192 e. The van der Waals surface area contributed by atoms with Gasteiger partial charge in [0.1, 0.15) is 0 Å². The highest BCUT2D eigenvalue weighted by atomic mass is 127. The average molecular weight is 305 g/mol. The van der Waals surface area contributed by atoms with Crippen molar-refractivity contribution in [2.24, 2.45) is 0 Å². The quantitative estimate of drug-likeness (QED) is 0.735. The van der Waals surface area contributed by atoms with Crippen molar-refractivity contribution in [2.75, 3.05) is 0 Å². The summed E-state index contributed by atoms with van der Waals surface area (Å²) in [6.45, 7) is 0. The molecule has 0 aliphatic carbocycles. The molecule has 0 aliphatic heterocycles. The van der Waals surface area contributed by atoms with Crippen LogP contribution >= 0.6 is 22.6 Å². The van der Waals surface area contributed by atoms with Gasteiger partial charge >= 0.3 is 0 Å². The van der Waals surface area contributed by atoms with E-state index < -0.39 is 0 Å². The van der Waals surface area contributed by atoms with Crippen LogP contribution in [0.2, 0.25) is 0 Å². The summed E-state index contributed by atoms with van der Waals surface area (Å²) in [5.74, 6) is 0. The van der Waals surface area contributed by atoms with E-state index in [1.807, 2.05) is 48.5 Å². The lowest BCUT2D eigenvalue weighted by molar-refractivity contribution is 1.48. The topological polar surface area (TPSA) is 23.8 Å². The van der Waals surface area contributed by atoms with Crippen molar-refractivity contribution >= 4 is 22.6 Å². The van der Waals surface area contributed by atoms with E-state index >= 15 is 0 Å². The molecule has 0 heterocycles. The normalized spacial score (nSPS) is 9.60. The molecular weight excluding hydrogens is 297 g/mol. The summed E-state index contributed by atoms with van der Waals surface area (Å²) in [5.41, 5.74) is 2.81. The lowest BCUT2D eigenvalue weighted by Gasteiger charge is -2.03. The third-order valence-corrected chi connectivity index (χ3v) is 2.92. The standard InChI is InChI=1S/C13H8IN/c14-12-7-5-10(6-8-12)13-4-2-1-3-11(13)9-15/h1-8H. The highest BCUT2D eigenvalue weighted by molar-refractivity contribution is 14.1. The summed E-state index contributed by atoms with van der Waals surface area (Å²) >= 11 is 2.27. The lowest BCUT2D eigenvalue weighted by atomic mass is 10.0. The molecule has 2 aromatic carbocycles. The van der Waals surface area contributed by atoms with Crippen molar-refractivity contribution in [3.05, 3.63) is 57.7 Å². The summed E-state index contributed by atoms with van der Waals surface area (Å²) in [5, 5.41) is 8.98. The van der Waals surface area contributed by atoms with Gasteiger partial charge in [0.2, 0.25) is 0 Å². The van der Waals surface area contributed by atoms with E-state index in [2.05, 4.69) is 28.7 Å². The fourth-order valence-corrected chi connectivity index (χ4v) is 1.82. The van der Waals surface area contributed by atoms with Crippen LogP contribution in [-0.4, -0.2) is 0 Å². The first-order valence-corrected chi connectivity index (χ1v) is 5.64. The Morgan fingerprint density at radius 2 is 1.60 bits per heavy atom. The van der Waals surface area contributed by atoms with Crippen LogP contribution in [0, 0.1) is 14.9 Å². The molecular formula is C13H8IN. The van der Waals surface area contributed by atoms with E-state index in [1.54, 1.807) is 0 Å². The van der Waals surface area contributed by atoms with Crippen molar-refractivity contribution in [3.63, 3.8) is 0 Å². The van der Waals surface area contributed by atoms with Gasteiger partial charge in [0.15, 0.2) is 0 Å². The van der Waals surface area contributed by atoms with Gasteiger partial charge in [0.25, 0.3) is 0 Å². The van der Waals surface area contributed by atoms with Crippen LogP contribution < -0.4 is 0 Å². The molecule has 2 rings (SSSR count). The van der Waals surface area contributed by atoms with Gasteiger partial charge < -0.3 is 0 Å². The SMILES string of the molecule is N#Cc1ccccc1-c1ccc(I)cc1. The van der Waals surface area contributed by atoms with Gasteiger partial charge in [-0.15, -0.1) is 0 Å². The maximum atomic E-state index is 8.98. The second kappa shape index (κ2) is 4.45. The van der Waals surface area contributed by atoms with E-state index in [1.165, 1.54) is 3.57 Å². The first-order valence-electron chi connectivity index (χ1n) is 4.56. The van der Waals surface area contributed by atoms with Gasteiger partial charge in [-0.3, -0.25) is 0 Å². The van der Waals surface area contributed by atoms with Gasteiger partial charge in [-0.2, -0.15) is 5.26 Å². The van der Waals surface area contributed by atoms with E-state index in [9.17, 15) is 0 Å². The van der Waals surface area contributed by atoms with Crippen molar-refractivity contribution in [1.29, 1.82) is 5.26 Å². The van der Waals surface area contributed by atoms with Crippen LogP contribution in [0.1, 0.15) is 5.56 Å². The Balaban J connectivity index is 2.55. The first kappa shape index (κ1) is 10.2. The predicted molar refractivity (Wildman–Crippen MR) is 69.3 cm³/mol. The zero-order chi connectivity index (χ0) is 10.7. The average Bonchev–Trinajstić information content (AvgIpc) is 2.30. The summed E-state index contributed by atoms with van der Waals surface area (Å²) in [4.78, 5) is 0. The number of nitrogens with zero attached hydrogens (tertiary/aromatic N) is 1. The zero-order valence-electron chi connectivity index (χ0n) is 7.94. The minimum absolute atomic E-state index is 0.721. The summed E-state index contributed by atoms with van der Waals surface area (Å²) < 4.78 is 1.20. The highest BCUT2D eigenvalue weighted by Crippen LogP contribution is 2.23. The molecule has 2 aromatic rings. The molecule has 15 heavy (non-hydrogen) atoms.